The summed E-state index contributed by atoms with van der Waals surface area (Å²) in [6, 6.07) is 2.14. The van der Waals surface area contributed by atoms with Crippen LogP contribution in [0.25, 0.3) is 0 Å². The van der Waals surface area contributed by atoms with E-state index < -0.39 is 0 Å². The van der Waals surface area contributed by atoms with E-state index in [2.05, 4.69) is 29.1 Å². The molecule has 1 rings (SSSR count). The molecular formula is C10H17N3O. The Morgan fingerprint density at radius 2 is 2.29 bits per heavy atom. The highest BCUT2D eigenvalue weighted by Gasteiger charge is 2.02. The Balaban J connectivity index is 2.63. The third-order valence-corrected chi connectivity index (χ3v) is 1.91. The Hall–Kier alpha value is -1.32. The van der Waals surface area contributed by atoms with Gasteiger partial charge in [0.1, 0.15) is 0 Å². The first kappa shape index (κ1) is 10.8. The second-order valence-electron chi connectivity index (χ2n) is 3.11. The average molecular weight is 195 g/mol. The van der Waals surface area contributed by atoms with E-state index in [1.807, 2.05) is 6.92 Å². The van der Waals surface area contributed by atoms with Crippen LogP contribution < -0.4 is 10.1 Å². The lowest BCUT2D eigenvalue weighted by molar-refractivity contribution is 0.326. The molecule has 0 amide bonds. The molecule has 0 aliphatic heterocycles. The normalized spacial score (nSPS) is 12.2. The van der Waals surface area contributed by atoms with Gasteiger partial charge in [-0.1, -0.05) is 6.92 Å². The number of rotatable bonds is 5. The Bertz CT molecular complexity index is 278. The molecule has 78 valence electrons. The fraction of sp³-hybridized carbons (Fsp3) is 0.600. The summed E-state index contributed by atoms with van der Waals surface area (Å²) < 4.78 is 5.27. The first-order valence-electron chi connectivity index (χ1n) is 4.98. The maximum atomic E-state index is 5.27. The number of anilines is 1. The fourth-order valence-corrected chi connectivity index (χ4v) is 0.962. The van der Waals surface area contributed by atoms with E-state index in [9.17, 15) is 0 Å². The van der Waals surface area contributed by atoms with Crippen molar-refractivity contribution in [3.8, 4) is 5.88 Å². The van der Waals surface area contributed by atoms with Gasteiger partial charge in [0.2, 0.25) is 11.8 Å². The molecule has 0 saturated carbocycles. The van der Waals surface area contributed by atoms with Crippen LogP contribution in [0.1, 0.15) is 27.2 Å². The minimum absolute atomic E-state index is 0.381. The van der Waals surface area contributed by atoms with Crippen molar-refractivity contribution in [3.63, 3.8) is 0 Å². The van der Waals surface area contributed by atoms with Crippen molar-refractivity contribution in [1.29, 1.82) is 0 Å². The molecule has 0 saturated heterocycles. The quantitative estimate of drug-likeness (QED) is 0.781. The maximum absolute atomic E-state index is 5.27. The van der Waals surface area contributed by atoms with E-state index >= 15 is 0 Å². The van der Waals surface area contributed by atoms with E-state index in [1.165, 1.54) is 0 Å². The Morgan fingerprint density at radius 3 is 2.93 bits per heavy atom. The Morgan fingerprint density at radius 1 is 1.50 bits per heavy atom. The predicted octanol–water partition coefficient (Wildman–Crippen LogP) is 2.09. The first-order chi connectivity index (χ1) is 6.76. The van der Waals surface area contributed by atoms with E-state index in [1.54, 1.807) is 12.3 Å². The van der Waals surface area contributed by atoms with Crippen molar-refractivity contribution in [3.05, 3.63) is 12.3 Å². The molecule has 1 heterocycles. The highest BCUT2D eigenvalue weighted by atomic mass is 16.5. The summed E-state index contributed by atoms with van der Waals surface area (Å²) in [6.45, 7) is 6.77. The van der Waals surface area contributed by atoms with E-state index in [-0.39, 0.29) is 0 Å². The minimum atomic E-state index is 0.381. The van der Waals surface area contributed by atoms with Gasteiger partial charge in [0.05, 0.1) is 6.61 Å². The summed E-state index contributed by atoms with van der Waals surface area (Å²) in [5, 5.41) is 3.19. The number of aromatic nitrogens is 2. The van der Waals surface area contributed by atoms with Crippen molar-refractivity contribution in [2.24, 2.45) is 0 Å². The second kappa shape index (κ2) is 5.42. The Kier molecular flexibility index (Phi) is 4.16. The first-order valence-corrected chi connectivity index (χ1v) is 4.98. The van der Waals surface area contributed by atoms with Crippen LogP contribution in [0.5, 0.6) is 5.88 Å². The predicted molar refractivity (Wildman–Crippen MR) is 56.6 cm³/mol. The smallest absolute Gasteiger partial charge is 0.226 e. The molecule has 1 N–H and O–H groups in total. The van der Waals surface area contributed by atoms with Crippen molar-refractivity contribution in [1.82, 2.24) is 9.97 Å². The zero-order chi connectivity index (χ0) is 10.4. The fourth-order valence-electron chi connectivity index (χ4n) is 0.962. The van der Waals surface area contributed by atoms with Gasteiger partial charge in [-0.05, 0) is 20.3 Å². The Labute approximate surface area is 84.7 Å². The largest absolute Gasteiger partial charge is 0.478 e. The van der Waals surface area contributed by atoms with Crippen molar-refractivity contribution < 1.29 is 4.74 Å². The topological polar surface area (TPSA) is 47.0 Å². The van der Waals surface area contributed by atoms with Crippen molar-refractivity contribution in [2.75, 3.05) is 11.9 Å². The summed E-state index contributed by atoms with van der Waals surface area (Å²) in [4.78, 5) is 8.31. The van der Waals surface area contributed by atoms with Crippen LogP contribution in [0, 0.1) is 0 Å². The molecule has 1 aromatic heterocycles. The summed E-state index contributed by atoms with van der Waals surface area (Å²) in [7, 11) is 0. The van der Waals surface area contributed by atoms with E-state index in [4.69, 9.17) is 4.74 Å². The average Bonchev–Trinajstić information content (AvgIpc) is 2.19. The summed E-state index contributed by atoms with van der Waals surface area (Å²) in [5.74, 6) is 1.25. The van der Waals surface area contributed by atoms with Crippen LogP contribution in [0.2, 0.25) is 0 Å². The van der Waals surface area contributed by atoms with Crippen LogP contribution in [0.4, 0.5) is 5.95 Å². The molecule has 4 heteroatoms. The van der Waals surface area contributed by atoms with Gasteiger partial charge in [-0.15, -0.1) is 0 Å². The summed E-state index contributed by atoms with van der Waals surface area (Å²) >= 11 is 0. The van der Waals surface area contributed by atoms with Gasteiger partial charge in [0.15, 0.2) is 0 Å². The van der Waals surface area contributed by atoms with Crippen LogP contribution in [0.15, 0.2) is 12.3 Å². The van der Waals surface area contributed by atoms with Crippen LogP contribution in [0.3, 0.4) is 0 Å². The van der Waals surface area contributed by atoms with Crippen LogP contribution in [-0.4, -0.2) is 22.6 Å². The molecule has 0 bridgehead atoms. The van der Waals surface area contributed by atoms with Crippen LogP contribution in [-0.2, 0) is 0 Å². The number of ether oxygens (including phenoxy) is 1. The third kappa shape index (κ3) is 3.20. The molecule has 0 fully saturated rings. The highest BCUT2D eigenvalue weighted by molar-refractivity contribution is 5.28. The lowest BCUT2D eigenvalue weighted by atomic mass is 10.3. The molecule has 0 spiro atoms. The molecule has 4 nitrogen and oxygen atoms in total. The molecule has 0 aliphatic carbocycles. The molecule has 14 heavy (non-hydrogen) atoms. The van der Waals surface area contributed by atoms with Gasteiger partial charge in [-0.2, -0.15) is 4.98 Å². The van der Waals surface area contributed by atoms with Gasteiger partial charge in [0, 0.05) is 18.3 Å². The number of hydrogen-bond acceptors (Lipinski definition) is 4. The third-order valence-electron chi connectivity index (χ3n) is 1.91. The van der Waals surface area contributed by atoms with Gasteiger partial charge in [0.25, 0.3) is 0 Å². The molecule has 1 aromatic rings. The van der Waals surface area contributed by atoms with E-state index in [0.717, 1.165) is 6.42 Å². The molecule has 1 unspecified atom stereocenters. The van der Waals surface area contributed by atoms with Crippen molar-refractivity contribution >= 4 is 5.95 Å². The zero-order valence-electron chi connectivity index (χ0n) is 8.95. The highest BCUT2D eigenvalue weighted by Crippen LogP contribution is 2.09. The van der Waals surface area contributed by atoms with Gasteiger partial charge in [-0.25, -0.2) is 4.98 Å². The summed E-state index contributed by atoms with van der Waals surface area (Å²) in [6.07, 6.45) is 2.74. The number of nitrogens with one attached hydrogen (secondary N) is 1. The zero-order valence-corrected chi connectivity index (χ0v) is 8.95. The molecule has 0 radical (unpaired) electrons. The standard InChI is InChI=1S/C10H17N3O/c1-4-8(3)12-10-11-7-6-9(13-10)14-5-2/h6-8H,4-5H2,1-3H3,(H,11,12,13). The maximum Gasteiger partial charge on any atom is 0.226 e. The molecule has 1 atom stereocenters. The van der Waals surface area contributed by atoms with Gasteiger partial charge in [-0.3, -0.25) is 0 Å². The van der Waals surface area contributed by atoms with Crippen LogP contribution >= 0.6 is 0 Å². The second-order valence-corrected chi connectivity index (χ2v) is 3.11. The molecule has 0 aromatic carbocycles. The number of nitrogens with zero attached hydrogens (tertiary/aromatic N) is 2. The monoisotopic (exact) mass is 195 g/mol. The summed E-state index contributed by atoms with van der Waals surface area (Å²) in [5.41, 5.74) is 0. The lowest BCUT2D eigenvalue weighted by Crippen LogP contribution is -2.15. The molecule has 0 aliphatic rings. The van der Waals surface area contributed by atoms with E-state index in [0.29, 0.717) is 24.5 Å². The minimum Gasteiger partial charge on any atom is -0.478 e. The SMILES string of the molecule is CCOc1ccnc(NC(C)CC)n1. The van der Waals surface area contributed by atoms with Crippen molar-refractivity contribution in [2.45, 2.75) is 33.2 Å². The lowest BCUT2D eigenvalue weighted by Gasteiger charge is -2.11. The molecular weight excluding hydrogens is 178 g/mol. The number of hydrogen-bond donors (Lipinski definition) is 1. The van der Waals surface area contributed by atoms with Gasteiger partial charge < -0.3 is 10.1 Å². The van der Waals surface area contributed by atoms with Gasteiger partial charge >= 0.3 is 0 Å².